The number of carbonyl (C=O) groups is 2. The third-order valence-electron chi connectivity index (χ3n) is 6.03. The van der Waals surface area contributed by atoms with Crippen LogP contribution in [0.3, 0.4) is 0 Å². The average Bonchev–Trinajstić information content (AvgIpc) is 2.81. The molecule has 0 bridgehead atoms. The van der Waals surface area contributed by atoms with Gasteiger partial charge in [-0.15, -0.1) is 0 Å². The number of ether oxygens (including phenoxy) is 1. The van der Waals surface area contributed by atoms with Gasteiger partial charge < -0.3 is 10.1 Å². The van der Waals surface area contributed by atoms with E-state index in [2.05, 4.69) is 40.0 Å². The lowest BCUT2D eigenvalue weighted by atomic mass is 9.95. The van der Waals surface area contributed by atoms with Crippen LogP contribution in [0.5, 0.6) is 0 Å². The van der Waals surface area contributed by atoms with E-state index in [0.717, 1.165) is 39.6 Å². The van der Waals surface area contributed by atoms with Gasteiger partial charge in [0.1, 0.15) is 0 Å². The van der Waals surface area contributed by atoms with Crippen LogP contribution in [-0.2, 0) is 22.5 Å². The summed E-state index contributed by atoms with van der Waals surface area (Å²) in [5.74, 6) is -0.822. The molecule has 1 amide bonds. The van der Waals surface area contributed by atoms with Crippen LogP contribution in [-0.4, -0.2) is 40.5 Å². The SMILES string of the molecule is CCC(OC(=O)c1c2c(nc3ccccc13)CCN(C(C)C)C2)C(=O)Nc1ccc(Br)cc1. The first-order chi connectivity index (χ1) is 15.9. The second kappa shape index (κ2) is 10.0. The first kappa shape index (κ1) is 23.4. The fourth-order valence-corrected chi connectivity index (χ4v) is 4.42. The molecule has 0 saturated carbocycles. The summed E-state index contributed by atoms with van der Waals surface area (Å²) in [5.41, 5.74) is 3.79. The zero-order valence-electron chi connectivity index (χ0n) is 19.1. The number of carbonyl (C=O) groups excluding carboxylic acids is 2. The molecule has 0 aliphatic carbocycles. The van der Waals surface area contributed by atoms with Gasteiger partial charge in [-0.1, -0.05) is 41.1 Å². The van der Waals surface area contributed by atoms with Crippen molar-refractivity contribution < 1.29 is 14.3 Å². The van der Waals surface area contributed by atoms with Gasteiger partial charge in [0.2, 0.25) is 0 Å². The van der Waals surface area contributed by atoms with Gasteiger partial charge in [-0.2, -0.15) is 0 Å². The Balaban J connectivity index is 1.64. The van der Waals surface area contributed by atoms with Crippen LogP contribution >= 0.6 is 15.9 Å². The number of anilines is 1. The molecule has 2 aromatic carbocycles. The van der Waals surface area contributed by atoms with Crippen LogP contribution in [0.4, 0.5) is 5.69 Å². The Hall–Kier alpha value is -2.77. The maximum atomic E-state index is 13.5. The van der Waals surface area contributed by atoms with Gasteiger partial charge in [-0.25, -0.2) is 4.79 Å². The number of para-hydroxylation sites is 1. The van der Waals surface area contributed by atoms with Crippen molar-refractivity contribution in [1.82, 2.24) is 9.88 Å². The summed E-state index contributed by atoms with van der Waals surface area (Å²) in [7, 11) is 0. The maximum absolute atomic E-state index is 13.5. The summed E-state index contributed by atoms with van der Waals surface area (Å²) in [4.78, 5) is 33.6. The molecule has 1 aliphatic heterocycles. The largest absolute Gasteiger partial charge is 0.449 e. The van der Waals surface area contributed by atoms with Crippen molar-refractivity contribution in [3.8, 4) is 0 Å². The molecule has 1 N–H and O–H groups in total. The topological polar surface area (TPSA) is 71.5 Å². The highest BCUT2D eigenvalue weighted by molar-refractivity contribution is 9.10. The van der Waals surface area contributed by atoms with E-state index in [4.69, 9.17) is 9.72 Å². The lowest BCUT2D eigenvalue weighted by molar-refractivity contribution is -0.124. The first-order valence-corrected chi connectivity index (χ1v) is 12.1. The Kier molecular flexibility index (Phi) is 7.10. The van der Waals surface area contributed by atoms with Gasteiger partial charge >= 0.3 is 5.97 Å². The highest BCUT2D eigenvalue weighted by Gasteiger charge is 2.30. The first-order valence-electron chi connectivity index (χ1n) is 11.3. The van der Waals surface area contributed by atoms with E-state index in [1.807, 2.05) is 43.3 Å². The van der Waals surface area contributed by atoms with Crippen molar-refractivity contribution in [3.63, 3.8) is 0 Å². The van der Waals surface area contributed by atoms with Gasteiger partial charge in [0.25, 0.3) is 5.91 Å². The quantitative estimate of drug-likeness (QED) is 0.454. The van der Waals surface area contributed by atoms with E-state index in [0.29, 0.717) is 30.3 Å². The number of pyridine rings is 1. The average molecular weight is 510 g/mol. The molecule has 1 aliphatic rings. The number of nitrogens with one attached hydrogen (secondary N) is 1. The summed E-state index contributed by atoms with van der Waals surface area (Å²) < 4.78 is 6.73. The minimum Gasteiger partial charge on any atom is -0.449 e. The van der Waals surface area contributed by atoms with E-state index in [1.54, 1.807) is 12.1 Å². The van der Waals surface area contributed by atoms with Crippen molar-refractivity contribution in [2.75, 3.05) is 11.9 Å². The number of hydrogen-bond acceptors (Lipinski definition) is 5. The molecule has 7 heteroatoms. The zero-order valence-corrected chi connectivity index (χ0v) is 20.7. The molecular formula is C26H28BrN3O3. The molecular weight excluding hydrogens is 482 g/mol. The second-order valence-corrected chi connectivity index (χ2v) is 9.46. The zero-order chi connectivity index (χ0) is 23.5. The van der Waals surface area contributed by atoms with Crippen molar-refractivity contribution >= 4 is 44.4 Å². The van der Waals surface area contributed by atoms with Crippen molar-refractivity contribution in [2.24, 2.45) is 0 Å². The number of rotatable bonds is 6. The molecule has 1 unspecified atom stereocenters. The number of esters is 1. The Morgan fingerprint density at radius 2 is 1.88 bits per heavy atom. The predicted molar refractivity (Wildman–Crippen MR) is 133 cm³/mol. The Labute approximate surface area is 202 Å². The number of hydrogen-bond donors (Lipinski definition) is 1. The molecule has 3 aromatic rings. The molecule has 1 atom stereocenters. The number of halogens is 1. The number of fused-ring (bicyclic) bond motifs is 2. The Bertz CT molecular complexity index is 1180. The summed E-state index contributed by atoms with van der Waals surface area (Å²) >= 11 is 3.39. The molecule has 4 rings (SSSR count). The van der Waals surface area contributed by atoms with E-state index < -0.39 is 12.1 Å². The lowest BCUT2D eigenvalue weighted by Crippen LogP contribution is -2.38. The lowest BCUT2D eigenvalue weighted by Gasteiger charge is -2.32. The predicted octanol–water partition coefficient (Wildman–Crippen LogP) is 5.34. The van der Waals surface area contributed by atoms with Crippen LogP contribution in [0.2, 0.25) is 0 Å². The number of amides is 1. The monoisotopic (exact) mass is 509 g/mol. The Morgan fingerprint density at radius 1 is 1.15 bits per heavy atom. The smallest absolute Gasteiger partial charge is 0.340 e. The number of benzene rings is 2. The van der Waals surface area contributed by atoms with Crippen LogP contribution in [0, 0.1) is 0 Å². The summed E-state index contributed by atoms with van der Waals surface area (Å²) in [5, 5.41) is 3.60. The minimum absolute atomic E-state index is 0.343. The molecule has 0 fully saturated rings. The summed E-state index contributed by atoms with van der Waals surface area (Å²) in [6, 6.07) is 15.3. The fourth-order valence-electron chi connectivity index (χ4n) is 4.15. The highest BCUT2D eigenvalue weighted by atomic mass is 79.9. The van der Waals surface area contributed by atoms with Crippen molar-refractivity contribution in [3.05, 3.63) is 69.8 Å². The molecule has 2 heterocycles. The van der Waals surface area contributed by atoms with Gasteiger partial charge in [-0.05, 0) is 50.6 Å². The molecule has 0 spiro atoms. The fraction of sp³-hybridized carbons (Fsp3) is 0.346. The van der Waals surface area contributed by atoms with Crippen LogP contribution in [0.25, 0.3) is 10.9 Å². The third-order valence-corrected chi connectivity index (χ3v) is 6.56. The van der Waals surface area contributed by atoms with Crippen LogP contribution < -0.4 is 5.32 Å². The van der Waals surface area contributed by atoms with Crippen LogP contribution in [0.1, 0.15) is 48.8 Å². The van der Waals surface area contributed by atoms with E-state index >= 15 is 0 Å². The normalized spacial score (nSPS) is 14.7. The summed E-state index contributed by atoms with van der Waals surface area (Å²) in [6.07, 6.45) is 0.255. The molecule has 172 valence electrons. The van der Waals surface area contributed by atoms with E-state index in [1.165, 1.54) is 0 Å². The standard InChI is InChI=1S/C26H28BrN3O3/c1-4-23(25(31)28-18-11-9-17(27)10-12-18)33-26(32)24-19-7-5-6-8-21(19)29-22-13-14-30(16(2)3)15-20(22)24/h5-12,16,23H,4,13-15H2,1-3H3,(H,28,31). The van der Waals surface area contributed by atoms with Gasteiger partial charge in [0.15, 0.2) is 6.10 Å². The highest BCUT2D eigenvalue weighted by Crippen LogP contribution is 2.30. The van der Waals surface area contributed by atoms with Crippen molar-refractivity contribution in [1.29, 1.82) is 0 Å². The van der Waals surface area contributed by atoms with Crippen LogP contribution in [0.15, 0.2) is 53.0 Å². The molecule has 1 aromatic heterocycles. The van der Waals surface area contributed by atoms with Gasteiger partial charge in [-0.3, -0.25) is 14.7 Å². The third kappa shape index (κ3) is 5.09. The van der Waals surface area contributed by atoms with Crippen molar-refractivity contribution in [2.45, 2.75) is 52.3 Å². The molecule has 6 nitrogen and oxygen atoms in total. The summed E-state index contributed by atoms with van der Waals surface area (Å²) in [6.45, 7) is 7.67. The maximum Gasteiger partial charge on any atom is 0.340 e. The molecule has 0 radical (unpaired) electrons. The molecule has 0 saturated heterocycles. The van der Waals surface area contributed by atoms with E-state index in [-0.39, 0.29) is 5.91 Å². The number of aromatic nitrogens is 1. The Morgan fingerprint density at radius 3 is 2.58 bits per heavy atom. The van der Waals surface area contributed by atoms with Gasteiger partial charge in [0, 0.05) is 52.4 Å². The van der Waals surface area contributed by atoms with E-state index in [9.17, 15) is 9.59 Å². The minimum atomic E-state index is -0.895. The van der Waals surface area contributed by atoms with Gasteiger partial charge in [0.05, 0.1) is 11.1 Å². The second-order valence-electron chi connectivity index (χ2n) is 8.54. The molecule has 33 heavy (non-hydrogen) atoms. The number of nitrogens with zero attached hydrogens (tertiary/aromatic N) is 2.